The molecule has 1 aromatic rings. The van der Waals surface area contributed by atoms with Gasteiger partial charge in [-0.05, 0) is 37.7 Å². The topological polar surface area (TPSA) is 107 Å². The van der Waals surface area contributed by atoms with E-state index in [1.165, 1.54) is 11.9 Å². The van der Waals surface area contributed by atoms with Gasteiger partial charge in [-0.25, -0.2) is 9.80 Å². The molecule has 2 N–H and O–H groups in total. The molecule has 9 heteroatoms. The molecule has 3 atom stereocenters. The third-order valence-corrected chi connectivity index (χ3v) is 6.39. The Hall–Kier alpha value is -2.39. The number of nitrogens with one attached hydrogen (secondary N) is 1. The second kappa shape index (κ2) is 10.1. The fraction of sp³-hybridized carbons (Fsp3) is 0.524. The van der Waals surface area contributed by atoms with Crippen molar-refractivity contribution < 1.29 is 24.3 Å². The lowest BCUT2D eigenvalue weighted by Gasteiger charge is -2.42. The van der Waals surface area contributed by atoms with Crippen LogP contribution in [0.15, 0.2) is 30.3 Å². The van der Waals surface area contributed by atoms with Gasteiger partial charge in [-0.3, -0.25) is 19.4 Å². The Morgan fingerprint density at radius 2 is 1.83 bits per heavy atom. The van der Waals surface area contributed by atoms with Crippen LogP contribution in [-0.4, -0.2) is 68.4 Å². The first-order valence-electron chi connectivity index (χ1n) is 10.2. The number of carboxylic acids is 1. The van der Waals surface area contributed by atoms with E-state index in [2.05, 4.69) is 5.32 Å². The Balaban J connectivity index is 1.74. The molecule has 162 valence electrons. The van der Waals surface area contributed by atoms with Gasteiger partial charge in [-0.1, -0.05) is 42.1 Å². The van der Waals surface area contributed by atoms with Crippen LogP contribution in [0.1, 0.15) is 38.2 Å². The first-order chi connectivity index (χ1) is 14.4. The normalized spacial score (nSPS) is 23.2. The maximum Gasteiger partial charge on any atom is 0.328 e. The fourth-order valence-electron chi connectivity index (χ4n) is 4.01. The molecule has 0 saturated carbocycles. The molecule has 2 aliphatic heterocycles. The molecule has 2 saturated heterocycles. The van der Waals surface area contributed by atoms with E-state index in [0.29, 0.717) is 45.2 Å². The summed E-state index contributed by atoms with van der Waals surface area (Å²) in [5, 5.41) is 14.7. The van der Waals surface area contributed by atoms with Crippen molar-refractivity contribution in [3.05, 3.63) is 35.9 Å². The van der Waals surface area contributed by atoms with Crippen molar-refractivity contribution in [1.82, 2.24) is 15.3 Å². The van der Waals surface area contributed by atoms with Gasteiger partial charge in [-0.15, -0.1) is 0 Å². The number of nitrogens with zero attached hydrogens (tertiary/aromatic N) is 2. The number of aliphatic carboxylic acids is 1. The molecule has 2 heterocycles. The van der Waals surface area contributed by atoms with E-state index in [0.717, 1.165) is 17.3 Å². The van der Waals surface area contributed by atoms with Gasteiger partial charge in [0.25, 0.3) is 5.91 Å². The zero-order valence-electron chi connectivity index (χ0n) is 17.0. The molecule has 3 rings (SSSR count). The summed E-state index contributed by atoms with van der Waals surface area (Å²) >= 11 is 0.945. The van der Waals surface area contributed by atoms with Crippen LogP contribution in [0.5, 0.6) is 0 Å². The molecular weight excluding hydrogens is 406 g/mol. The van der Waals surface area contributed by atoms with Crippen LogP contribution in [0.2, 0.25) is 0 Å². The number of hydrazine groups is 1. The first kappa shape index (κ1) is 22.3. The van der Waals surface area contributed by atoms with E-state index >= 15 is 0 Å². The van der Waals surface area contributed by atoms with Crippen LogP contribution < -0.4 is 5.32 Å². The Labute approximate surface area is 179 Å². The number of rotatable bonds is 6. The summed E-state index contributed by atoms with van der Waals surface area (Å²) in [7, 11) is 0. The second-order valence-corrected chi connectivity index (χ2v) is 9.00. The van der Waals surface area contributed by atoms with Crippen molar-refractivity contribution in [3.8, 4) is 0 Å². The Morgan fingerprint density at radius 3 is 2.47 bits per heavy atom. The lowest BCUT2D eigenvalue weighted by atomic mass is 10.1. The molecule has 30 heavy (non-hydrogen) atoms. The molecular formula is C21H27N3O5S. The van der Waals surface area contributed by atoms with E-state index < -0.39 is 23.3 Å². The Morgan fingerprint density at radius 1 is 1.17 bits per heavy atom. The van der Waals surface area contributed by atoms with Crippen LogP contribution in [-0.2, 0) is 25.6 Å². The molecule has 0 aliphatic carbocycles. The first-order valence-corrected chi connectivity index (χ1v) is 11.1. The Kier molecular flexibility index (Phi) is 7.49. The van der Waals surface area contributed by atoms with E-state index in [4.69, 9.17) is 0 Å². The molecule has 2 fully saturated rings. The van der Waals surface area contributed by atoms with Crippen molar-refractivity contribution in [2.24, 2.45) is 0 Å². The number of carboxylic acid groups (broad SMARTS) is 1. The summed E-state index contributed by atoms with van der Waals surface area (Å²) in [5.41, 5.74) is 0.923. The smallest absolute Gasteiger partial charge is 0.328 e. The third-order valence-electron chi connectivity index (χ3n) is 5.39. The minimum atomic E-state index is -1.03. The number of fused-ring (bicyclic) bond motifs is 1. The number of thioether (sulfide) groups is 1. The molecule has 0 bridgehead atoms. The second-order valence-electron chi connectivity index (χ2n) is 7.62. The van der Waals surface area contributed by atoms with Gasteiger partial charge in [0.1, 0.15) is 12.1 Å². The van der Waals surface area contributed by atoms with Crippen molar-refractivity contribution >= 4 is 34.7 Å². The molecule has 8 nitrogen and oxygen atoms in total. The predicted octanol–water partition coefficient (Wildman–Crippen LogP) is 1.45. The van der Waals surface area contributed by atoms with E-state index in [1.54, 1.807) is 5.01 Å². The molecule has 0 spiro atoms. The van der Waals surface area contributed by atoms with Gasteiger partial charge in [0, 0.05) is 20.0 Å². The van der Waals surface area contributed by atoms with Gasteiger partial charge in [0.15, 0.2) is 5.12 Å². The highest BCUT2D eigenvalue weighted by atomic mass is 32.2. The highest BCUT2D eigenvalue weighted by molar-refractivity contribution is 8.14. The van der Waals surface area contributed by atoms with Crippen molar-refractivity contribution in [2.45, 2.75) is 56.4 Å². The van der Waals surface area contributed by atoms with Crippen LogP contribution in [0.3, 0.4) is 0 Å². The van der Waals surface area contributed by atoms with E-state index in [-0.39, 0.29) is 16.9 Å². The minimum absolute atomic E-state index is 0.175. The van der Waals surface area contributed by atoms with Gasteiger partial charge < -0.3 is 10.4 Å². The quantitative estimate of drug-likeness (QED) is 0.699. The van der Waals surface area contributed by atoms with Crippen LogP contribution >= 0.6 is 11.8 Å². The standard InChI is InChI=1S/C21H27N3O5S/c1-14(25)30-18(13-15-7-3-2-4-8-15)19(26)22-16-9-5-11-23-12-6-10-17(21(28)29)24(23)20(16)27/h2-4,7-8,16-18H,5-6,9-13H2,1H3,(H,22,26)(H,28,29)/t16-,17-,18+/m0/s1. The van der Waals surface area contributed by atoms with Crippen LogP contribution in [0, 0.1) is 0 Å². The summed E-state index contributed by atoms with van der Waals surface area (Å²) in [6.45, 7) is 2.63. The molecule has 0 radical (unpaired) electrons. The van der Waals surface area contributed by atoms with Gasteiger partial charge in [0.2, 0.25) is 5.91 Å². The molecule has 2 aliphatic rings. The maximum atomic E-state index is 13.2. The lowest BCUT2D eigenvalue weighted by molar-refractivity contribution is -0.174. The monoisotopic (exact) mass is 433 g/mol. The minimum Gasteiger partial charge on any atom is -0.480 e. The number of carbonyl (C=O) groups excluding carboxylic acids is 3. The summed E-state index contributed by atoms with van der Waals surface area (Å²) < 4.78 is 0. The molecule has 0 unspecified atom stereocenters. The summed E-state index contributed by atoms with van der Waals surface area (Å²) in [5.74, 6) is -1.80. The number of carbonyl (C=O) groups is 4. The average Bonchev–Trinajstić information content (AvgIpc) is 2.87. The Bertz CT molecular complexity index is 803. The zero-order valence-corrected chi connectivity index (χ0v) is 17.8. The molecule has 2 amide bonds. The van der Waals surface area contributed by atoms with E-state index in [1.807, 2.05) is 30.3 Å². The molecule has 1 aromatic carbocycles. The number of hydrogen-bond acceptors (Lipinski definition) is 6. The largest absolute Gasteiger partial charge is 0.480 e. The lowest BCUT2D eigenvalue weighted by Crippen LogP contribution is -2.61. The summed E-state index contributed by atoms with van der Waals surface area (Å²) in [4.78, 5) is 49.5. The highest BCUT2D eigenvalue weighted by Gasteiger charge is 2.42. The SMILES string of the molecule is CC(=O)S[C@H](Cc1ccccc1)C(=O)N[C@H]1CCCN2CCC[C@@H](C(=O)O)N2C1=O. The predicted molar refractivity (Wildman–Crippen MR) is 112 cm³/mol. The number of benzene rings is 1. The maximum absolute atomic E-state index is 13.2. The van der Waals surface area contributed by atoms with E-state index in [9.17, 15) is 24.3 Å². The van der Waals surface area contributed by atoms with Gasteiger partial charge in [-0.2, -0.15) is 0 Å². The molecule has 0 aromatic heterocycles. The fourth-order valence-corrected chi connectivity index (χ4v) is 4.86. The van der Waals surface area contributed by atoms with Gasteiger partial charge >= 0.3 is 5.97 Å². The van der Waals surface area contributed by atoms with Gasteiger partial charge in [0.05, 0.1) is 5.25 Å². The number of amides is 2. The van der Waals surface area contributed by atoms with Crippen molar-refractivity contribution in [1.29, 1.82) is 0 Å². The van der Waals surface area contributed by atoms with Crippen molar-refractivity contribution in [3.63, 3.8) is 0 Å². The van der Waals surface area contributed by atoms with Crippen molar-refractivity contribution in [2.75, 3.05) is 13.1 Å². The highest BCUT2D eigenvalue weighted by Crippen LogP contribution is 2.25. The zero-order chi connectivity index (χ0) is 21.7. The van der Waals surface area contributed by atoms with Crippen LogP contribution in [0.4, 0.5) is 0 Å². The summed E-state index contributed by atoms with van der Waals surface area (Å²) in [6, 6.07) is 7.69. The third kappa shape index (κ3) is 5.40. The summed E-state index contributed by atoms with van der Waals surface area (Å²) in [6.07, 6.45) is 2.59. The average molecular weight is 434 g/mol. The number of hydrogen-bond donors (Lipinski definition) is 2. The van der Waals surface area contributed by atoms with Crippen LogP contribution in [0.25, 0.3) is 0 Å².